The molecule has 0 aliphatic rings. The molecule has 1 aromatic heterocycles. The first-order chi connectivity index (χ1) is 16.7. The van der Waals surface area contributed by atoms with Gasteiger partial charge in [-0.1, -0.05) is 59.6 Å². The highest BCUT2D eigenvalue weighted by Gasteiger charge is 2.24. The van der Waals surface area contributed by atoms with Crippen LogP contribution in [0, 0.1) is 11.6 Å². The number of phenols is 1. The van der Waals surface area contributed by atoms with E-state index in [1.807, 2.05) is 0 Å². The molecule has 5 heteroatoms. The standard InChI is InChI=1S/C30H37F2NO2/c1-6-7-8-9-24-28(25(17-34)30(19(4)5)33-29(24)18(2)3)21-11-13-26(32)22(15-21)14-20-10-12-23(31)16-27(20)35/h10-13,15-16,18-19,34-35H,6-9,14,17H2,1-5H3. The van der Waals surface area contributed by atoms with Crippen molar-refractivity contribution in [3.63, 3.8) is 0 Å². The summed E-state index contributed by atoms with van der Waals surface area (Å²) < 4.78 is 28.4. The number of benzene rings is 2. The van der Waals surface area contributed by atoms with E-state index in [4.69, 9.17) is 4.98 Å². The topological polar surface area (TPSA) is 53.4 Å². The number of phenolic OH excluding ortho intramolecular Hbond substituents is 1. The minimum Gasteiger partial charge on any atom is -0.508 e. The predicted octanol–water partition coefficient (Wildman–Crippen LogP) is 7.80. The zero-order valence-corrected chi connectivity index (χ0v) is 21.5. The summed E-state index contributed by atoms with van der Waals surface area (Å²) in [4.78, 5) is 5.03. The van der Waals surface area contributed by atoms with Crippen LogP contribution in [0.4, 0.5) is 8.78 Å². The van der Waals surface area contributed by atoms with E-state index >= 15 is 0 Å². The molecular formula is C30H37F2NO2. The largest absolute Gasteiger partial charge is 0.508 e. The third-order valence-corrected chi connectivity index (χ3v) is 6.51. The molecule has 0 spiro atoms. The summed E-state index contributed by atoms with van der Waals surface area (Å²) in [5.41, 5.74) is 6.42. The van der Waals surface area contributed by atoms with Crippen molar-refractivity contribution in [3.05, 3.63) is 81.7 Å². The van der Waals surface area contributed by atoms with Crippen molar-refractivity contribution in [2.45, 2.75) is 85.2 Å². The van der Waals surface area contributed by atoms with Crippen molar-refractivity contribution >= 4 is 0 Å². The van der Waals surface area contributed by atoms with Crippen LogP contribution in [0.2, 0.25) is 0 Å². The lowest BCUT2D eigenvalue weighted by atomic mass is 9.84. The Labute approximate surface area is 207 Å². The van der Waals surface area contributed by atoms with E-state index < -0.39 is 11.6 Å². The van der Waals surface area contributed by atoms with E-state index in [-0.39, 0.29) is 30.6 Å². The number of nitrogens with zero attached hydrogens (tertiary/aromatic N) is 1. The van der Waals surface area contributed by atoms with Crippen molar-refractivity contribution in [2.24, 2.45) is 0 Å². The van der Waals surface area contributed by atoms with E-state index in [2.05, 4.69) is 34.6 Å². The van der Waals surface area contributed by atoms with Gasteiger partial charge in [0.05, 0.1) is 6.61 Å². The van der Waals surface area contributed by atoms with Crippen LogP contribution in [0.5, 0.6) is 5.75 Å². The first kappa shape index (κ1) is 26.8. The number of aromatic nitrogens is 1. The Morgan fingerprint density at radius 2 is 1.54 bits per heavy atom. The average molecular weight is 482 g/mol. The van der Waals surface area contributed by atoms with Gasteiger partial charge in [-0.05, 0) is 70.7 Å². The number of pyridine rings is 1. The zero-order valence-electron chi connectivity index (χ0n) is 21.5. The van der Waals surface area contributed by atoms with E-state index in [0.29, 0.717) is 11.1 Å². The maximum atomic E-state index is 14.9. The molecule has 0 bridgehead atoms. The molecule has 188 valence electrons. The Morgan fingerprint density at radius 1 is 0.857 bits per heavy atom. The molecule has 0 saturated carbocycles. The third-order valence-electron chi connectivity index (χ3n) is 6.51. The Balaban J connectivity index is 2.23. The van der Waals surface area contributed by atoms with Gasteiger partial charge in [-0.15, -0.1) is 0 Å². The van der Waals surface area contributed by atoms with Crippen LogP contribution in [0.3, 0.4) is 0 Å². The molecule has 0 aliphatic carbocycles. The SMILES string of the molecule is CCCCCc1c(C(C)C)nc(C(C)C)c(CO)c1-c1ccc(F)c(Cc2ccc(F)cc2O)c1. The van der Waals surface area contributed by atoms with Gasteiger partial charge in [0.25, 0.3) is 0 Å². The molecule has 2 N–H and O–H groups in total. The molecule has 1 heterocycles. The van der Waals surface area contributed by atoms with E-state index in [1.165, 1.54) is 18.2 Å². The van der Waals surface area contributed by atoms with Crippen molar-refractivity contribution < 1.29 is 19.0 Å². The molecule has 3 rings (SSSR count). The van der Waals surface area contributed by atoms with Gasteiger partial charge in [0.1, 0.15) is 17.4 Å². The van der Waals surface area contributed by atoms with Crippen molar-refractivity contribution in [1.29, 1.82) is 0 Å². The maximum absolute atomic E-state index is 14.9. The summed E-state index contributed by atoms with van der Waals surface area (Å²) in [5, 5.41) is 20.6. The Bertz CT molecular complexity index is 1170. The zero-order chi connectivity index (χ0) is 25.7. The molecule has 3 nitrogen and oxygen atoms in total. The summed E-state index contributed by atoms with van der Waals surface area (Å²) in [6, 6.07) is 8.78. The quantitative estimate of drug-likeness (QED) is 0.291. The van der Waals surface area contributed by atoms with Crippen LogP contribution in [-0.4, -0.2) is 15.2 Å². The van der Waals surface area contributed by atoms with Gasteiger partial charge in [0.15, 0.2) is 0 Å². The number of unbranched alkanes of at least 4 members (excludes halogenated alkanes) is 2. The van der Waals surface area contributed by atoms with Gasteiger partial charge >= 0.3 is 0 Å². The number of hydrogen-bond donors (Lipinski definition) is 2. The fourth-order valence-corrected chi connectivity index (χ4v) is 4.73. The molecule has 0 amide bonds. The van der Waals surface area contributed by atoms with Gasteiger partial charge in [0.2, 0.25) is 0 Å². The number of aliphatic hydroxyl groups excluding tert-OH is 1. The van der Waals surface area contributed by atoms with Crippen molar-refractivity contribution in [1.82, 2.24) is 4.98 Å². The highest BCUT2D eigenvalue weighted by molar-refractivity contribution is 5.74. The third kappa shape index (κ3) is 6.07. The summed E-state index contributed by atoms with van der Waals surface area (Å²) >= 11 is 0. The van der Waals surface area contributed by atoms with Crippen LogP contribution in [-0.2, 0) is 19.4 Å². The molecule has 35 heavy (non-hydrogen) atoms. The van der Waals surface area contributed by atoms with Gasteiger partial charge in [-0.2, -0.15) is 0 Å². The molecule has 0 atom stereocenters. The first-order valence-corrected chi connectivity index (χ1v) is 12.6. The second-order valence-electron chi connectivity index (χ2n) is 9.90. The van der Waals surface area contributed by atoms with Gasteiger partial charge in [-0.25, -0.2) is 8.78 Å². The monoisotopic (exact) mass is 481 g/mol. The molecule has 0 unspecified atom stereocenters. The molecule has 3 aromatic rings. The Kier molecular flexibility index (Phi) is 9.01. The summed E-state index contributed by atoms with van der Waals surface area (Å²) in [6.07, 6.45) is 4.16. The molecule has 0 aliphatic heterocycles. The number of aliphatic hydroxyl groups is 1. The first-order valence-electron chi connectivity index (χ1n) is 12.6. The smallest absolute Gasteiger partial charge is 0.126 e. The highest BCUT2D eigenvalue weighted by Crippen LogP contribution is 2.38. The van der Waals surface area contributed by atoms with Crippen LogP contribution < -0.4 is 0 Å². The lowest BCUT2D eigenvalue weighted by Crippen LogP contribution is -2.12. The molecule has 0 fully saturated rings. The van der Waals surface area contributed by atoms with Crippen LogP contribution >= 0.6 is 0 Å². The summed E-state index contributed by atoms with van der Waals surface area (Å²) in [5.74, 6) is -0.804. The second-order valence-corrected chi connectivity index (χ2v) is 9.90. The second kappa shape index (κ2) is 11.8. The number of hydrogen-bond acceptors (Lipinski definition) is 3. The predicted molar refractivity (Wildman–Crippen MR) is 138 cm³/mol. The average Bonchev–Trinajstić information content (AvgIpc) is 2.81. The van der Waals surface area contributed by atoms with Gasteiger partial charge in [-0.3, -0.25) is 4.98 Å². The minimum absolute atomic E-state index is 0.120. The fraction of sp³-hybridized carbons (Fsp3) is 0.433. The van der Waals surface area contributed by atoms with Crippen molar-refractivity contribution in [2.75, 3.05) is 0 Å². The van der Waals surface area contributed by atoms with Crippen LogP contribution in [0.25, 0.3) is 11.1 Å². The Morgan fingerprint density at radius 3 is 2.14 bits per heavy atom. The maximum Gasteiger partial charge on any atom is 0.126 e. The van der Waals surface area contributed by atoms with Crippen molar-refractivity contribution in [3.8, 4) is 16.9 Å². The molecule has 0 radical (unpaired) electrons. The fourth-order valence-electron chi connectivity index (χ4n) is 4.73. The van der Waals surface area contributed by atoms with Crippen LogP contribution in [0.15, 0.2) is 36.4 Å². The minimum atomic E-state index is -0.538. The summed E-state index contributed by atoms with van der Waals surface area (Å²) in [6.45, 7) is 10.4. The summed E-state index contributed by atoms with van der Waals surface area (Å²) in [7, 11) is 0. The normalized spacial score (nSPS) is 11.6. The van der Waals surface area contributed by atoms with E-state index in [1.54, 1.807) is 12.1 Å². The van der Waals surface area contributed by atoms with Gasteiger partial charge < -0.3 is 10.2 Å². The molecule has 2 aromatic carbocycles. The number of rotatable bonds is 10. The number of halogens is 2. The number of aromatic hydroxyl groups is 1. The molecular weight excluding hydrogens is 444 g/mol. The molecule has 0 saturated heterocycles. The lowest BCUT2D eigenvalue weighted by molar-refractivity contribution is 0.279. The highest BCUT2D eigenvalue weighted by atomic mass is 19.1. The Hall–Kier alpha value is -2.79. The van der Waals surface area contributed by atoms with Gasteiger partial charge in [0, 0.05) is 29.4 Å². The van der Waals surface area contributed by atoms with E-state index in [9.17, 15) is 19.0 Å². The van der Waals surface area contributed by atoms with Crippen LogP contribution in [0.1, 0.15) is 99.4 Å². The lowest BCUT2D eigenvalue weighted by Gasteiger charge is -2.24. The van der Waals surface area contributed by atoms with E-state index in [0.717, 1.165) is 65.4 Å².